The van der Waals surface area contributed by atoms with E-state index in [2.05, 4.69) is 29.1 Å². The largest absolute Gasteiger partial charge is 0.481 e. The van der Waals surface area contributed by atoms with Crippen LogP contribution in [0.3, 0.4) is 0 Å². The number of alkyl halides is 3. The molecule has 4 aliphatic rings. The molecule has 0 unspecified atom stereocenters. The van der Waals surface area contributed by atoms with Gasteiger partial charge in [-0.3, -0.25) is 0 Å². The summed E-state index contributed by atoms with van der Waals surface area (Å²) >= 11 is 0. The van der Waals surface area contributed by atoms with Gasteiger partial charge in [0.1, 0.15) is 6.10 Å². The first-order chi connectivity index (χ1) is 16.3. The second-order valence-electron chi connectivity index (χ2n) is 9.43. The van der Waals surface area contributed by atoms with Gasteiger partial charge in [0, 0.05) is 42.3 Å². The fraction of sp³-hybridized carbons (Fsp3) is 0.480. The summed E-state index contributed by atoms with van der Waals surface area (Å²) in [6.45, 7) is 1.03. The number of nitrogens with zero attached hydrogens (tertiary/aromatic N) is 2. The summed E-state index contributed by atoms with van der Waals surface area (Å²) in [6, 6.07) is 6.63. The van der Waals surface area contributed by atoms with Gasteiger partial charge in [0.2, 0.25) is 5.88 Å². The lowest BCUT2D eigenvalue weighted by atomic mass is 9.53. The Kier molecular flexibility index (Phi) is 4.87. The molecule has 3 heterocycles. The van der Waals surface area contributed by atoms with Crippen LogP contribution in [-0.4, -0.2) is 55.6 Å². The maximum absolute atomic E-state index is 13.0. The number of piperidine rings is 1. The van der Waals surface area contributed by atoms with Gasteiger partial charge in [-0.05, 0) is 50.2 Å². The van der Waals surface area contributed by atoms with Gasteiger partial charge in [-0.15, -0.1) is 0 Å². The van der Waals surface area contributed by atoms with E-state index in [4.69, 9.17) is 18.9 Å². The highest BCUT2D eigenvalue weighted by molar-refractivity contribution is 5.62. The molecule has 1 aromatic heterocycles. The van der Waals surface area contributed by atoms with Crippen molar-refractivity contribution in [1.29, 1.82) is 0 Å². The highest BCUT2D eigenvalue weighted by Gasteiger charge is 2.65. The summed E-state index contributed by atoms with van der Waals surface area (Å²) in [5, 5.41) is 0. The average molecular weight is 474 g/mol. The van der Waals surface area contributed by atoms with Crippen molar-refractivity contribution in [3.63, 3.8) is 0 Å². The lowest BCUT2D eigenvalue weighted by molar-refractivity contribution is -0.137. The van der Waals surface area contributed by atoms with Crippen LogP contribution in [0, 0.1) is 5.92 Å². The van der Waals surface area contributed by atoms with Gasteiger partial charge in [-0.25, -0.2) is 4.98 Å². The Balaban J connectivity index is 1.40. The van der Waals surface area contributed by atoms with Crippen LogP contribution < -0.4 is 14.2 Å². The van der Waals surface area contributed by atoms with E-state index in [9.17, 15) is 13.2 Å². The van der Waals surface area contributed by atoms with Crippen molar-refractivity contribution in [1.82, 2.24) is 9.88 Å². The first-order valence-corrected chi connectivity index (χ1v) is 11.4. The maximum atomic E-state index is 13.0. The molecule has 1 aromatic carbocycles. The minimum atomic E-state index is -4.45. The van der Waals surface area contributed by atoms with Crippen molar-refractivity contribution in [2.75, 3.05) is 27.5 Å². The Morgan fingerprint density at radius 3 is 2.79 bits per heavy atom. The third kappa shape index (κ3) is 3.06. The zero-order valence-electron chi connectivity index (χ0n) is 18.8. The number of pyridine rings is 1. The predicted octanol–water partition coefficient (Wildman–Crippen LogP) is 3.98. The van der Waals surface area contributed by atoms with Gasteiger partial charge in [0.05, 0.1) is 5.56 Å². The number of likely N-dealkylation sites (N-methyl/N-ethyl adjacent to an activating group) is 1. The lowest BCUT2D eigenvalue weighted by Crippen LogP contribution is -2.65. The number of ether oxygens (including phenoxy) is 4. The van der Waals surface area contributed by atoms with Crippen LogP contribution in [0.15, 0.2) is 42.6 Å². The van der Waals surface area contributed by atoms with E-state index in [0.717, 1.165) is 37.4 Å². The minimum absolute atomic E-state index is 0.106. The van der Waals surface area contributed by atoms with Crippen molar-refractivity contribution >= 4 is 0 Å². The van der Waals surface area contributed by atoms with E-state index >= 15 is 0 Å². The molecule has 0 amide bonds. The number of aromatic nitrogens is 1. The molecule has 0 N–H and O–H groups in total. The Labute approximate surface area is 195 Å². The third-order valence-corrected chi connectivity index (χ3v) is 7.77. The summed E-state index contributed by atoms with van der Waals surface area (Å²) < 4.78 is 62.6. The predicted molar refractivity (Wildman–Crippen MR) is 116 cm³/mol. The molecule has 1 spiro atoms. The van der Waals surface area contributed by atoms with Crippen molar-refractivity contribution < 1.29 is 32.1 Å². The van der Waals surface area contributed by atoms with Gasteiger partial charge >= 0.3 is 6.18 Å². The molecule has 2 aliphatic heterocycles. The summed E-state index contributed by atoms with van der Waals surface area (Å²) in [4.78, 5) is 6.33. The normalized spacial score (nSPS) is 31.1. The number of rotatable bonds is 5. The van der Waals surface area contributed by atoms with Crippen molar-refractivity contribution in [2.24, 2.45) is 5.92 Å². The molecule has 2 bridgehead atoms. The van der Waals surface area contributed by atoms with Gasteiger partial charge in [0.25, 0.3) is 0 Å². The van der Waals surface area contributed by atoms with Crippen LogP contribution in [0.5, 0.6) is 17.4 Å². The number of hydrogen-bond donors (Lipinski definition) is 0. The molecule has 0 saturated carbocycles. The van der Waals surface area contributed by atoms with Crippen LogP contribution in [0.2, 0.25) is 0 Å². The number of methoxy groups -OCH3 is 1. The lowest BCUT2D eigenvalue weighted by Gasteiger charge is -2.56. The van der Waals surface area contributed by atoms with E-state index < -0.39 is 17.8 Å². The van der Waals surface area contributed by atoms with E-state index in [1.165, 1.54) is 17.2 Å². The molecule has 9 heteroatoms. The zero-order valence-corrected chi connectivity index (χ0v) is 18.8. The fourth-order valence-corrected chi connectivity index (χ4v) is 6.30. The monoisotopic (exact) mass is 474 g/mol. The highest BCUT2D eigenvalue weighted by atomic mass is 19.4. The molecule has 6 rings (SSSR count). The topological polar surface area (TPSA) is 53.1 Å². The maximum Gasteiger partial charge on any atom is 0.417 e. The van der Waals surface area contributed by atoms with E-state index in [-0.39, 0.29) is 30.1 Å². The van der Waals surface area contributed by atoms with E-state index in [1.807, 2.05) is 12.1 Å². The number of halogens is 3. The van der Waals surface area contributed by atoms with Gasteiger partial charge in [-0.1, -0.05) is 12.1 Å². The van der Waals surface area contributed by atoms with E-state index in [1.54, 1.807) is 7.11 Å². The first-order valence-electron chi connectivity index (χ1n) is 11.4. The smallest absolute Gasteiger partial charge is 0.417 e. The van der Waals surface area contributed by atoms with Gasteiger partial charge in [-0.2, -0.15) is 13.2 Å². The van der Waals surface area contributed by atoms with Crippen LogP contribution in [0.1, 0.15) is 23.1 Å². The Morgan fingerprint density at radius 1 is 1.21 bits per heavy atom. The Morgan fingerprint density at radius 2 is 2.06 bits per heavy atom. The average Bonchev–Trinajstić information content (AvgIpc) is 3.17. The second kappa shape index (κ2) is 7.61. The molecule has 6 nitrogen and oxygen atoms in total. The fourth-order valence-electron chi connectivity index (χ4n) is 6.30. The number of benzene rings is 1. The van der Waals surface area contributed by atoms with Crippen molar-refractivity contribution in [2.45, 2.75) is 42.7 Å². The van der Waals surface area contributed by atoms with Gasteiger partial charge in [0.15, 0.2) is 24.4 Å². The number of hydrogen-bond acceptors (Lipinski definition) is 6. The molecule has 0 radical (unpaired) electrons. The van der Waals surface area contributed by atoms with E-state index in [0.29, 0.717) is 11.8 Å². The molecule has 34 heavy (non-hydrogen) atoms. The van der Waals surface area contributed by atoms with Crippen LogP contribution in [-0.2, 0) is 22.7 Å². The highest BCUT2D eigenvalue weighted by Crippen LogP contribution is 2.62. The SMILES string of the molecule is COCOc1ccc2c3c1O[C@H]1[C@@H](Oc4ccc(C(F)(F)F)cn4)C=C[C@H]4[C@@H](C2)N(C)CC[C@@]341. The molecule has 1 fully saturated rings. The molecule has 5 atom stereocenters. The quantitative estimate of drug-likeness (QED) is 0.483. The van der Waals surface area contributed by atoms with Gasteiger partial charge < -0.3 is 23.8 Å². The summed E-state index contributed by atoms with van der Waals surface area (Å²) in [5.41, 5.74) is 1.32. The van der Waals surface area contributed by atoms with Crippen LogP contribution in [0.4, 0.5) is 13.2 Å². The molecule has 2 aromatic rings. The summed E-state index contributed by atoms with van der Waals surface area (Å²) in [6.07, 6.45) is 1.49. The Bertz CT molecular complexity index is 1140. The Hall–Kier alpha value is -2.78. The molecule has 180 valence electrons. The third-order valence-electron chi connectivity index (χ3n) is 7.77. The zero-order chi connectivity index (χ0) is 23.7. The first kappa shape index (κ1) is 21.7. The minimum Gasteiger partial charge on any atom is -0.481 e. The van der Waals surface area contributed by atoms with Crippen molar-refractivity contribution in [3.8, 4) is 17.4 Å². The second-order valence-corrected chi connectivity index (χ2v) is 9.43. The summed E-state index contributed by atoms with van der Waals surface area (Å²) in [7, 11) is 3.73. The molecule has 1 saturated heterocycles. The van der Waals surface area contributed by atoms with Crippen LogP contribution >= 0.6 is 0 Å². The standard InChI is InChI=1S/C25H25F3N2O4/c1-30-10-9-24-16-5-7-19(33-20-8-4-15(12-29-20)25(26,27)28)23(24)34-22-18(32-13-31-2)6-3-14(21(22)24)11-17(16)30/h3-8,12,16-17,19,23H,9-11,13H2,1-2H3/t16-,17+,19-,23-,24-/m0/s1. The molecule has 2 aliphatic carbocycles. The number of likely N-dealkylation sites (tertiary alicyclic amines) is 1. The summed E-state index contributed by atoms with van der Waals surface area (Å²) in [5.74, 6) is 1.73. The van der Waals surface area contributed by atoms with Crippen molar-refractivity contribution in [3.05, 3.63) is 59.3 Å². The van der Waals surface area contributed by atoms with Crippen LogP contribution in [0.25, 0.3) is 0 Å². The molecular weight excluding hydrogens is 449 g/mol. The molecular formula is C25H25F3N2O4.